The van der Waals surface area contributed by atoms with Gasteiger partial charge < -0.3 is 9.64 Å². The van der Waals surface area contributed by atoms with Gasteiger partial charge in [-0.3, -0.25) is 10.5 Å². The van der Waals surface area contributed by atoms with E-state index in [1.165, 1.54) is 12.8 Å². The van der Waals surface area contributed by atoms with Crippen LogP contribution in [-0.2, 0) is 4.74 Å². The molecule has 0 radical (unpaired) electrons. The molecule has 0 amide bonds. The molecule has 4 N–H and O–H groups in total. The van der Waals surface area contributed by atoms with E-state index in [1.807, 2.05) is 0 Å². The average molecular weight is 263 g/mol. The van der Waals surface area contributed by atoms with E-state index in [0.29, 0.717) is 24.2 Å². The number of aromatic amines is 1. The van der Waals surface area contributed by atoms with Crippen molar-refractivity contribution < 1.29 is 4.74 Å². The smallest absolute Gasteiger partial charge is 0.241 e. The van der Waals surface area contributed by atoms with Gasteiger partial charge >= 0.3 is 0 Å². The lowest BCUT2D eigenvalue weighted by Crippen LogP contribution is -2.31. The molecule has 0 aromatic carbocycles. The van der Waals surface area contributed by atoms with Crippen LogP contribution < -0.4 is 16.2 Å². The average Bonchev–Trinajstić information content (AvgIpc) is 3.16. The van der Waals surface area contributed by atoms with E-state index < -0.39 is 0 Å². The molecule has 1 fully saturated rings. The summed E-state index contributed by atoms with van der Waals surface area (Å²) in [6.45, 7) is 1.45. The Hall–Kier alpha value is -1.93. The van der Waals surface area contributed by atoms with Crippen LogP contribution in [0, 0.1) is 0 Å². The SMILES string of the molecule is COCCN(c1nc(NN)nc2[nH]ncc12)C1CC1. The Bertz CT molecular complexity index is 565. The van der Waals surface area contributed by atoms with E-state index in [2.05, 4.69) is 30.5 Å². The second-order valence-electron chi connectivity index (χ2n) is 4.56. The van der Waals surface area contributed by atoms with Crippen molar-refractivity contribution >= 4 is 22.8 Å². The summed E-state index contributed by atoms with van der Waals surface area (Å²) in [5, 5.41) is 7.78. The maximum Gasteiger partial charge on any atom is 0.241 e. The van der Waals surface area contributed by atoms with Crippen molar-refractivity contribution in [1.82, 2.24) is 20.2 Å². The fourth-order valence-corrected chi connectivity index (χ4v) is 2.14. The third kappa shape index (κ3) is 2.32. The molecule has 0 aliphatic heterocycles. The number of methoxy groups -OCH3 is 1. The molecule has 8 heteroatoms. The highest BCUT2D eigenvalue weighted by molar-refractivity contribution is 5.87. The molecule has 0 unspecified atom stereocenters. The highest BCUT2D eigenvalue weighted by Crippen LogP contribution is 2.34. The van der Waals surface area contributed by atoms with Crippen LogP contribution >= 0.6 is 0 Å². The molecule has 0 saturated heterocycles. The lowest BCUT2D eigenvalue weighted by molar-refractivity contribution is 0.205. The second-order valence-corrected chi connectivity index (χ2v) is 4.56. The van der Waals surface area contributed by atoms with Gasteiger partial charge in [0.15, 0.2) is 5.65 Å². The largest absolute Gasteiger partial charge is 0.383 e. The van der Waals surface area contributed by atoms with Crippen LogP contribution in [0.5, 0.6) is 0 Å². The fourth-order valence-electron chi connectivity index (χ4n) is 2.14. The van der Waals surface area contributed by atoms with Gasteiger partial charge in [0, 0.05) is 19.7 Å². The third-order valence-electron chi connectivity index (χ3n) is 3.21. The third-order valence-corrected chi connectivity index (χ3v) is 3.21. The topological polar surface area (TPSA) is 105 Å². The van der Waals surface area contributed by atoms with Gasteiger partial charge in [-0.15, -0.1) is 0 Å². The van der Waals surface area contributed by atoms with Crippen molar-refractivity contribution in [3.8, 4) is 0 Å². The number of H-pyrrole nitrogens is 1. The molecule has 19 heavy (non-hydrogen) atoms. The summed E-state index contributed by atoms with van der Waals surface area (Å²) in [6.07, 6.45) is 4.10. The van der Waals surface area contributed by atoms with Gasteiger partial charge in [-0.2, -0.15) is 15.1 Å². The molecule has 1 saturated carbocycles. The number of nitrogen functional groups attached to an aromatic ring is 1. The zero-order chi connectivity index (χ0) is 13.2. The normalized spacial score (nSPS) is 14.8. The fraction of sp³-hybridized carbons (Fsp3) is 0.545. The lowest BCUT2D eigenvalue weighted by atomic mass is 10.3. The van der Waals surface area contributed by atoms with Gasteiger partial charge in [-0.25, -0.2) is 5.84 Å². The monoisotopic (exact) mass is 263 g/mol. The molecule has 0 spiro atoms. The first-order chi connectivity index (χ1) is 9.33. The Balaban J connectivity index is 2.02. The van der Waals surface area contributed by atoms with Gasteiger partial charge in [0.25, 0.3) is 0 Å². The zero-order valence-electron chi connectivity index (χ0n) is 10.8. The summed E-state index contributed by atoms with van der Waals surface area (Å²) >= 11 is 0. The van der Waals surface area contributed by atoms with Crippen LogP contribution in [0.4, 0.5) is 11.8 Å². The number of hydrogen-bond donors (Lipinski definition) is 3. The summed E-state index contributed by atoms with van der Waals surface area (Å²) in [7, 11) is 1.70. The second kappa shape index (κ2) is 4.98. The Kier molecular flexibility index (Phi) is 3.18. The minimum absolute atomic E-state index is 0.384. The highest BCUT2D eigenvalue weighted by Gasteiger charge is 2.31. The van der Waals surface area contributed by atoms with Gasteiger partial charge in [0.2, 0.25) is 5.95 Å². The number of ether oxygens (including phenoxy) is 1. The predicted octanol–water partition coefficient (Wildman–Crippen LogP) is 0.254. The first-order valence-corrected chi connectivity index (χ1v) is 6.27. The maximum atomic E-state index is 5.42. The standard InChI is InChI=1S/C11H17N7O/c1-19-5-4-18(7-2-3-7)10-8-6-13-17-9(8)14-11(15-10)16-12/h6-7H,2-5,12H2,1H3,(H2,13,14,15,16,17). The number of anilines is 2. The van der Waals surface area contributed by atoms with Crippen LogP contribution in [0.3, 0.4) is 0 Å². The van der Waals surface area contributed by atoms with E-state index in [1.54, 1.807) is 13.3 Å². The predicted molar refractivity (Wildman–Crippen MR) is 71.7 cm³/mol. The van der Waals surface area contributed by atoms with Gasteiger partial charge in [-0.05, 0) is 12.8 Å². The van der Waals surface area contributed by atoms with Gasteiger partial charge in [0.05, 0.1) is 18.2 Å². The van der Waals surface area contributed by atoms with Crippen LogP contribution in [0.1, 0.15) is 12.8 Å². The van der Waals surface area contributed by atoms with Crippen molar-refractivity contribution in [1.29, 1.82) is 0 Å². The minimum atomic E-state index is 0.384. The number of fused-ring (bicyclic) bond motifs is 1. The summed E-state index contributed by atoms with van der Waals surface area (Å²) < 4.78 is 5.17. The molecular weight excluding hydrogens is 246 g/mol. The van der Waals surface area contributed by atoms with Gasteiger partial charge in [-0.1, -0.05) is 0 Å². The summed E-state index contributed by atoms with van der Waals surface area (Å²) in [5.41, 5.74) is 3.17. The molecule has 3 rings (SSSR count). The van der Waals surface area contributed by atoms with Crippen molar-refractivity contribution in [2.45, 2.75) is 18.9 Å². The Morgan fingerprint density at radius 3 is 3.05 bits per heavy atom. The van der Waals surface area contributed by atoms with Crippen molar-refractivity contribution in [2.75, 3.05) is 30.6 Å². The number of hydrogen-bond acceptors (Lipinski definition) is 7. The van der Waals surface area contributed by atoms with E-state index in [-0.39, 0.29) is 0 Å². The Morgan fingerprint density at radius 2 is 2.37 bits per heavy atom. The Morgan fingerprint density at radius 1 is 1.53 bits per heavy atom. The number of nitrogens with zero attached hydrogens (tertiary/aromatic N) is 4. The van der Waals surface area contributed by atoms with Crippen molar-refractivity contribution in [3.05, 3.63) is 6.20 Å². The van der Waals surface area contributed by atoms with E-state index >= 15 is 0 Å². The maximum absolute atomic E-state index is 5.42. The van der Waals surface area contributed by atoms with Crippen LogP contribution in [-0.4, -0.2) is 46.5 Å². The Labute approximate surface area is 110 Å². The van der Waals surface area contributed by atoms with Gasteiger partial charge in [0.1, 0.15) is 5.82 Å². The molecule has 1 aliphatic rings. The molecule has 8 nitrogen and oxygen atoms in total. The van der Waals surface area contributed by atoms with E-state index in [9.17, 15) is 0 Å². The first kappa shape index (κ1) is 12.1. The summed E-state index contributed by atoms with van der Waals surface area (Å²) in [4.78, 5) is 10.9. The molecule has 2 aromatic heterocycles. The quantitative estimate of drug-likeness (QED) is 0.507. The minimum Gasteiger partial charge on any atom is -0.383 e. The molecule has 102 valence electrons. The van der Waals surface area contributed by atoms with Crippen LogP contribution in [0.25, 0.3) is 11.0 Å². The zero-order valence-corrected chi connectivity index (χ0v) is 10.8. The molecule has 0 atom stereocenters. The molecular formula is C11H17N7O. The highest BCUT2D eigenvalue weighted by atomic mass is 16.5. The number of aromatic nitrogens is 4. The van der Waals surface area contributed by atoms with E-state index in [4.69, 9.17) is 10.6 Å². The lowest BCUT2D eigenvalue weighted by Gasteiger charge is -2.23. The van der Waals surface area contributed by atoms with Crippen LogP contribution in [0.2, 0.25) is 0 Å². The first-order valence-electron chi connectivity index (χ1n) is 6.27. The van der Waals surface area contributed by atoms with Crippen LogP contribution in [0.15, 0.2) is 6.20 Å². The number of nitrogens with one attached hydrogen (secondary N) is 2. The molecule has 1 aliphatic carbocycles. The molecule has 2 aromatic rings. The van der Waals surface area contributed by atoms with E-state index in [0.717, 1.165) is 17.7 Å². The van der Waals surface area contributed by atoms with Crippen molar-refractivity contribution in [3.63, 3.8) is 0 Å². The number of nitrogens with two attached hydrogens (primary N) is 1. The molecule has 2 heterocycles. The summed E-state index contributed by atoms with van der Waals surface area (Å²) in [5.74, 6) is 6.66. The van der Waals surface area contributed by atoms with Crippen molar-refractivity contribution in [2.24, 2.45) is 5.84 Å². The number of rotatable bonds is 6. The molecule has 0 bridgehead atoms. The summed E-state index contributed by atoms with van der Waals surface area (Å²) in [6, 6.07) is 0.522. The number of hydrazine groups is 1.